The SMILES string of the molecule is O=c1[nH]c(CN2CCN(S(=O)(=O)c3ccc(Cl)cc3)CC2)nc2sc3c(c12)CCC3. The zero-order valence-corrected chi connectivity index (χ0v) is 18.6. The number of aryl methyl sites for hydroxylation is 2. The number of rotatable bonds is 4. The molecule has 158 valence electrons. The molecule has 1 aliphatic heterocycles. The second-order valence-corrected chi connectivity index (χ2v) is 11.1. The summed E-state index contributed by atoms with van der Waals surface area (Å²) in [6.45, 7) is 2.45. The number of nitrogens with one attached hydrogen (secondary N) is 1. The van der Waals surface area contributed by atoms with E-state index in [1.165, 1.54) is 26.9 Å². The number of thiophene rings is 1. The molecule has 0 unspecified atom stereocenters. The smallest absolute Gasteiger partial charge is 0.259 e. The van der Waals surface area contributed by atoms with Gasteiger partial charge >= 0.3 is 0 Å². The van der Waals surface area contributed by atoms with Gasteiger partial charge in [0.05, 0.1) is 16.8 Å². The standard InChI is InChI=1S/C20H21ClN4O3S2/c21-13-4-6-14(7-5-13)30(27,28)25-10-8-24(9-11-25)12-17-22-19(26)18-15-2-1-3-16(15)29-20(18)23-17/h4-7H,1-3,8-12H2,(H,22,23,26). The number of halogens is 1. The molecule has 1 aromatic carbocycles. The second kappa shape index (κ2) is 7.72. The number of benzene rings is 1. The van der Waals surface area contributed by atoms with Crippen molar-refractivity contribution in [1.82, 2.24) is 19.2 Å². The summed E-state index contributed by atoms with van der Waals surface area (Å²) in [7, 11) is -3.53. The van der Waals surface area contributed by atoms with E-state index in [1.54, 1.807) is 23.5 Å². The lowest BCUT2D eigenvalue weighted by Gasteiger charge is -2.33. The minimum absolute atomic E-state index is 0.0571. The molecule has 2 aliphatic rings. The van der Waals surface area contributed by atoms with Gasteiger partial charge in [0.2, 0.25) is 10.0 Å². The predicted molar refractivity (Wildman–Crippen MR) is 118 cm³/mol. The number of nitrogens with zero attached hydrogens (tertiary/aromatic N) is 3. The van der Waals surface area contributed by atoms with E-state index >= 15 is 0 Å². The van der Waals surface area contributed by atoms with E-state index in [1.807, 2.05) is 0 Å². The van der Waals surface area contributed by atoms with Crippen molar-refractivity contribution in [3.05, 3.63) is 55.9 Å². The van der Waals surface area contributed by atoms with Crippen molar-refractivity contribution in [3.63, 3.8) is 0 Å². The highest BCUT2D eigenvalue weighted by Gasteiger charge is 2.29. The maximum Gasteiger partial charge on any atom is 0.259 e. The summed E-state index contributed by atoms with van der Waals surface area (Å²) in [5.74, 6) is 0.640. The Hall–Kier alpha value is -1.78. The summed E-state index contributed by atoms with van der Waals surface area (Å²) in [6.07, 6.45) is 3.11. The highest BCUT2D eigenvalue weighted by Crippen LogP contribution is 2.34. The van der Waals surface area contributed by atoms with Crippen LogP contribution >= 0.6 is 22.9 Å². The van der Waals surface area contributed by atoms with Gasteiger partial charge in [-0.15, -0.1) is 11.3 Å². The average Bonchev–Trinajstić information content (AvgIpc) is 3.29. The molecule has 30 heavy (non-hydrogen) atoms. The van der Waals surface area contributed by atoms with E-state index < -0.39 is 10.0 Å². The number of piperazine rings is 1. The van der Waals surface area contributed by atoms with E-state index in [0.717, 1.165) is 29.5 Å². The number of aromatic amines is 1. The molecule has 7 nitrogen and oxygen atoms in total. The van der Waals surface area contributed by atoms with Gasteiger partial charge in [-0.2, -0.15) is 4.31 Å². The van der Waals surface area contributed by atoms with Gasteiger partial charge in [0.25, 0.3) is 5.56 Å². The van der Waals surface area contributed by atoms with Crippen LogP contribution in [0, 0.1) is 0 Å². The summed E-state index contributed by atoms with van der Waals surface area (Å²) < 4.78 is 27.2. The first kappa shape index (κ1) is 20.1. The van der Waals surface area contributed by atoms with Crippen molar-refractivity contribution < 1.29 is 8.42 Å². The van der Waals surface area contributed by atoms with E-state index in [9.17, 15) is 13.2 Å². The molecular weight excluding hydrogens is 444 g/mol. The van der Waals surface area contributed by atoms with Gasteiger partial charge in [-0.05, 0) is 49.1 Å². The van der Waals surface area contributed by atoms with Gasteiger partial charge in [-0.3, -0.25) is 9.69 Å². The van der Waals surface area contributed by atoms with Gasteiger partial charge in [-0.1, -0.05) is 11.6 Å². The van der Waals surface area contributed by atoms with Crippen LogP contribution in [0.5, 0.6) is 0 Å². The molecule has 0 radical (unpaired) electrons. The molecule has 1 N–H and O–H groups in total. The average molecular weight is 465 g/mol. The number of fused-ring (bicyclic) bond motifs is 3. The Bertz CT molecular complexity index is 1260. The van der Waals surface area contributed by atoms with E-state index in [2.05, 4.69) is 9.88 Å². The maximum atomic E-state index is 12.8. The van der Waals surface area contributed by atoms with Gasteiger partial charge in [0, 0.05) is 36.1 Å². The van der Waals surface area contributed by atoms with Crippen LogP contribution in [0.2, 0.25) is 5.02 Å². The van der Waals surface area contributed by atoms with Crippen LogP contribution in [0.1, 0.15) is 22.7 Å². The molecule has 3 aromatic rings. The molecule has 0 amide bonds. The number of hydrogen-bond donors (Lipinski definition) is 1. The number of hydrogen-bond acceptors (Lipinski definition) is 6. The zero-order valence-electron chi connectivity index (χ0n) is 16.2. The Morgan fingerprint density at radius 3 is 2.57 bits per heavy atom. The van der Waals surface area contributed by atoms with Gasteiger partial charge < -0.3 is 4.98 Å². The van der Waals surface area contributed by atoms with Crippen molar-refractivity contribution in [3.8, 4) is 0 Å². The number of sulfonamides is 1. The molecule has 1 saturated heterocycles. The molecule has 10 heteroatoms. The first-order valence-electron chi connectivity index (χ1n) is 9.93. The topological polar surface area (TPSA) is 86.4 Å². The lowest BCUT2D eigenvalue weighted by atomic mass is 10.2. The number of H-pyrrole nitrogens is 1. The first-order valence-corrected chi connectivity index (χ1v) is 12.6. The lowest BCUT2D eigenvalue weighted by molar-refractivity contribution is 0.178. The third kappa shape index (κ3) is 3.58. The zero-order chi connectivity index (χ0) is 20.9. The fourth-order valence-corrected chi connectivity index (χ4v) is 7.05. The van der Waals surface area contributed by atoms with E-state index in [4.69, 9.17) is 16.6 Å². The van der Waals surface area contributed by atoms with Crippen LogP contribution in [0.3, 0.4) is 0 Å². The summed E-state index contributed by atoms with van der Waals surface area (Å²) in [5.41, 5.74) is 1.12. The van der Waals surface area contributed by atoms with Crippen molar-refractivity contribution >= 4 is 43.2 Å². The van der Waals surface area contributed by atoms with Gasteiger partial charge in [-0.25, -0.2) is 13.4 Å². The molecule has 0 bridgehead atoms. The molecular formula is C20H21ClN4O3S2. The third-order valence-electron chi connectivity index (χ3n) is 5.78. The fourth-order valence-electron chi connectivity index (χ4n) is 4.22. The quantitative estimate of drug-likeness (QED) is 0.641. The van der Waals surface area contributed by atoms with Crippen molar-refractivity contribution in [2.24, 2.45) is 0 Å². The molecule has 1 fully saturated rings. The molecule has 0 spiro atoms. The fraction of sp³-hybridized carbons (Fsp3) is 0.400. The van der Waals surface area contributed by atoms with Crippen LogP contribution in [-0.2, 0) is 29.4 Å². The number of aromatic nitrogens is 2. The normalized spacial score (nSPS) is 18.2. The third-order valence-corrected chi connectivity index (χ3v) is 9.13. The van der Waals surface area contributed by atoms with Crippen LogP contribution in [0.15, 0.2) is 34.0 Å². The highest BCUT2D eigenvalue weighted by atomic mass is 35.5. The largest absolute Gasteiger partial charge is 0.309 e. The van der Waals surface area contributed by atoms with Gasteiger partial charge in [0.1, 0.15) is 10.7 Å². The molecule has 0 saturated carbocycles. The molecule has 2 aromatic heterocycles. The summed E-state index contributed by atoms with van der Waals surface area (Å²) >= 11 is 7.50. The summed E-state index contributed by atoms with van der Waals surface area (Å²) in [5, 5.41) is 1.27. The Labute approximate surface area is 183 Å². The Morgan fingerprint density at radius 1 is 1.10 bits per heavy atom. The molecule has 0 atom stereocenters. The van der Waals surface area contributed by atoms with Crippen LogP contribution < -0.4 is 5.56 Å². The van der Waals surface area contributed by atoms with Crippen LogP contribution in [-0.4, -0.2) is 53.8 Å². The highest BCUT2D eigenvalue weighted by molar-refractivity contribution is 7.89. The summed E-state index contributed by atoms with van der Waals surface area (Å²) in [4.78, 5) is 24.7. The van der Waals surface area contributed by atoms with E-state index in [0.29, 0.717) is 43.6 Å². The van der Waals surface area contributed by atoms with Crippen LogP contribution in [0.25, 0.3) is 10.2 Å². The first-order chi connectivity index (χ1) is 14.4. The second-order valence-electron chi connectivity index (χ2n) is 7.68. The molecule has 1 aliphatic carbocycles. The Kier molecular flexibility index (Phi) is 5.19. The molecule has 3 heterocycles. The Balaban J connectivity index is 1.28. The van der Waals surface area contributed by atoms with Crippen molar-refractivity contribution in [1.29, 1.82) is 0 Å². The Morgan fingerprint density at radius 2 is 1.83 bits per heavy atom. The van der Waals surface area contributed by atoms with Crippen molar-refractivity contribution in [2.75, 3.05) is 26.2 Å². The lowest BCUT2D eigenvalue weighted by Crippen LogP contribution is -2.48. The molecule has 5 rings (SSSR count). The monoisotopic (exact) mass is 464 g/mol. The van der Waals surface area contributed by atoms with Crippen molar-refractivity contribution in [2.45, 2.75) is 30.7 Å². The minimum atomic E-state index is -3.53. The summed E-state index contributed by atoms with van der Waals surface area (Å²) in [6, 6.07) is 6.24. The van der Waals surface area contributed by atoms with E-state index in [-0.39, 0.29) is 10.5 Å². The van der Waals surface area contributed by atoms with Crippen LogP contribution in [0.4, 0.5) is 0 Å². The maximum absolute atomic E-state index is 12.8. The van der Waals surface area contributed by atoms with Gasteiger partial charge in [0.15, 0.2) is 0 Å². The minimum Gasteiger partial charge on any atom is -0.309 e. The predicted octanol–water partition coefficient (Wildman–Crippen LogP) is 2.63.